The number of aryl methyl sites for hydroxylation is 1. The lowest BCUT2D eigenvalue weighted by atomic mass is 10.2. The Labute approximate surface area is 127 Å². The fourth-order valence-electron chi connectivity index (χ4n) is 1.74. The van der Waals surface area contributed by atoms with Crippen LogP contribution in [0.3, 0.4) is 0 Å². The summed E-state index contributed by atoms with van der Waals surface area (Å²) in [6.07, 6.45) is 0. The topological polar surface area (TPSA) is 38.3 Å². The molecule has 0 aromatic heterocycles. The highest BCUT2D eigenvalue weighted by molar-refractivity contribution is 6.31. The van der Waals surface area contributed by atoms with Crippen LogP contribution in [0.15, 0.2) is 42.5 Å². The van der Waals surface area contributed by atoms with Crippen LogP contribution in [-0.4, -0.2) is 12.5 Å². The minimum Gasteiger partial charge on any atom is -0.484 e. The van der Waals surface area contributed by atoms with E-state index >= 15 is 0 Å². The number of ether oxygens (including phenoxy) is 1. The normalized spacial score (nSPS) is 10.2. The fourth-order valence-corrected chi connectivity index (χ4v) is 1.86. The molecule has 0 aliphatic heterocycles. The Morgan fingerprint density at radius 2 is 2.05 bits per heavy atom. The van der Waals surface area contributed by atoms with E-state index in [1.165, 1.54) is 6.07 Å². The van der Waals surface area contributed by atoms with Gasteiger partial charge < -0.3 is 10.1 Å². The number of halogens is 2. The van der Waals surface area contributed by atoms with Crippen LogP contribution < -0.4 is 10.1 Å². The highest BCUT2D eigenvalue weighted by Crippen LogP contribution is 2.20. The number of nitrogens with one attached hydrogen (secondary N) is 1. The van der Waals surface area contributed by atoms with E-state index in [-0.39, 0.29) is 24.9 Å². The third-order valence-corrected chi connectivity index (χ3v) is 3.36. The third-order valence-electron chi connectivity index (χ3n) is 2.93. The summed E-state index contributed by atoms with van der Waals surface area (Å²) in [7, 11) is 0. The van der Waals surface area contributed by atoms with Gasteiger partial charge in [-0.2, -0.15) is 0 Å². The van der Waals surface area contributed by atoms with Crippen molar-refractivity contribution in [2.45, 2.75) is 13.5 Å². The molecule has 110 valence electrons. The summed E-state index contributed by atoms with van der Waals surface area (Å²) in [5, 5.41) is 3.25. The van der Waals surface area contributed by atoms with E-state index in [1.807, 2.05) is 6.92 Å². The summed E-state index contributed by atoms with van der Waals surface area (Å²) in [5.41, 5.74) is 1.31. The molecule has 2 rings (SSSR count). The van der Waals surface area contributed by atoms with Crippen LogP contribution in [0.5, 0.6) is 5.75 Å². The Hall–Kier alpha value is -2.07. The lowest BCUT2D eigenvalue weighted by Gasteiger charge is -2.09. The number of rotatable bonds is 5. The predicted octanol–water partition coefficient (Wildman–Crippen LogP) is 3.48. The smallest absolute Gasteiger partial charge is 0.258 e. The molecule has 0 spiro atoms. The largest absolute Gasteiger partial charge is 0.484 e. The molecule has 2 aromatic rings. The van der Waals surface area contributed by atoms with Crippen molar-refractivity contribution in [1.82, 2.24) is 5.32 Å². The summed E-state index contributed by atoms with van der Waals surface area (Å²) in [5.74, 6) is -0.0872. The van der Waals surface area contributed by atoms with Crippen molar-refractivity contribution in [3.05, 3.63) is 64.4 Å². The molecule has 0 aliphatic carbocycles. The molecule has 1 amide bonds. The van der Waals surface area contributed by atoms with E-state index in [0.29, 0.717) is 16.3 Å². The zero-order valence-electron chi connectivity index (χ0n) is 11.5. The molecule has 21 heavy (non-hydrogen) atoms. The third kappa shape index (κ3) is 4.46. The van der Waals surface area contributed by atoms with E-state index < -0.39 is 0 Å². The second kappa shape index (κ2) is 7.09. The van der Waals surface area contributed by atoms with Crippen molar-refractivity contribution in [2.75, 3.05) is 6.61 Å². The van der Waals surface area contributed by atoms with Gasteiger partial charge >= 0.3 is 0 Å². The minimum atomic E-state index is -0.341. The first-order chi connectivity index (χ1) is 10.1. The van der Waals surface area contributed by atoms with Crippen molar-refractivity contribution >= 4 is 17.5 Å². The molecule has 0 unspecified atom stereocenters. The van der Waals surface area contributed by atoms with Crippen LogP contribution in [0.4, 0.5) is 4.39 Å². The Balaban J connectivity index is 1.82. The summed E-state index contributed by atoms with van der Waals surface area (Å²) >= 11 is 5.91. The summed E-state index contributed by atoms with van der Waals surface area (Å²) in [4.78, 5) is 11.7. The highest BCUT2D eigenvalue weighted by atomic mass is 35.5. The van der Waals surface area contributed by atoms with Gasteiger partial charge in [0.2, 0.25) is 0 Å². The number of amides is 1. The summed E-state index contributed by atoms with van der Waals surface area (Å²) in [6.45, 7) is 1.86. The van der Waals surface area contributed by atoms with Gasteiger partial charge in [-0.1, -0.05) is 29.8 Å². The Morgan fingerprint density at radius 3 is 2.76 bits per heavy atom. The zero-order valence-corrected chi connectivity index (χ0v) is 12.3. The molecule has 0 fully saturated rings. The van der Waals surface area contributed by atoms with Crippen LogP contribution >= 0.6 is 11.6 Å². The van der Waals surface area contributed by atoms with Crippen LogP contribution in [0.25, 0.3) is 0 Å². The maximum atomic E-state index is 13.4. The van der Waals surface area contributed by atoms with Crippen molar-refractivity contribution in [3.8, 4) is 5.75 Å². The van der Waals surface area contributed by atoms with Gasteiger partial charge in [-0.15, -0.1) is 0 Å². The number of benzene rings is 2. The Bertz CT molecular complexity index is 646. The Kier molecular flexibility index (Phi) is 5.17. The average molecular weight is 308 g/mol. The second-order valence-corrected chi connectivity index (χ2v) is 4.98. The first-order valence-corrected chi connectivity index (χ1v) is 6.83. The van der Waals surface area contributed by atoms with Gasteiger partial charge in [0.15, 0.2) is 6.61 Å². The number of hydrogen-bond acceptors (Lipinski definition) is 2. The molecular weight excluding hydrogens is 293 g/mol. The number of carbonyl (C=O) groups excluding carboxylic acids is 1. The molecule has 0 saturated heterocycles. The second-order valence-electron chi connectivity index (χ2n) is 4.57. The standard InChI is InChI=1S/C16H15ClFNO2/c1-11-8-13(6-7-14(11)17)21-10-16(20)19-9-12-4-2-3-5-15(12)18/h2-8H,9-10H2,1H3,(H,19,20). The average Bonchev–Trinajstić information content (AvgIpc) is 2.47. The zero-order chi connectivity index (χ0) is 15.2. The molecule has 0 saturated carbocycles. The van der Waals surface area contributed by atoms with Gasteiger partial charge in [0, 0.05) is 17.1 Å². The molecule has 5 heteroatoms. The number of hydrogen-bond donors (Lipinski definition) is 1. The minimum absolute atomic E-state index is 0.129. The van der Waals surface area contributed by atoms with Gasteiger partial charge in [0.1, 0.15) is 11.6 Å². The van der Waals surface area contributed by atoms with E-state index in [9.17, 15) is 9.18 Å². The molecule has 1 N–H and O–H groups in total. The van der Waals surface area contributed by atoms with Gasteiger partial charge in [-0.05, 0) is 36.8 Å². The molecule has 0 aliphatic rings. The van der Waals surface area contributed by atoms with Gasteiger partial charge in [-0.3, -0.25) is 4.79 Å². The predicted molar refractivity (Wildman–Crippen MR) is 79.9 cm³/mol. The van der Waals surface area contributed by atoms with Crippen molar-refractivity contribution in [2.24, 2.45) is 0 Å². The Morgan fingerprint density at radius 1 is 1.29 bits per heavy atom. The quantitative estimate of drug-likeness (QED) is 0.918. The fraction of sp³-hybridized carbons (Fsp3) is 0.188. The van der Waals surface area contributed by atoms with Crippen LogP contribution in [0.2, 0.25) is 5.02 Å². The highest BCUT2D eigenvalue weighted by Gasteiger charge is 2.06. The van der Waals surface area contributed by atoms with Crippen molar-refractivity contribution in [1.29, 1.82) is 0 Å². The van der Waals surface area contributed by atoms with Crippen LogP contribution in [0.1, 0.15) is 11.1 Å². The van der Waals surface area contributed by atoms with E-state index in [4.69, 9.17) is 16.3 Å². The lowest BCUT2D eigenvalue weighted by Crippen LogP contribution is -2.28. The van der Waals surface area contributed by atoms with Crippen LogP contribution in [0, 0.1) is 12.7 Å². The lowest BCUT2D eigenvalue weighted by molar-refractivity contribution is -0.123. The van der Waals surface area contributed by atoms with E-state index in [1.54, 1.807) is 36.4 Å². The molecule has 0 radical (unpaired) electrons. The van der Waals surface area contributed by atoms with Gasteiger partial charge in [0.05, 0.1) is 0 Å². The monoisotopic (exact) mass is 307 g/mol. The van der Waals surface area contributed by atoms with Crippen molar-refractivity contribution < 1.29 is 13.9 Å². The first kappa shape index (κ1) is 15.3. The SMILES string of the molecule is Cc1cc(OCC(=O)NCc2ccccc2F)ccc1Cl. The number of carbonyl (C=O) groups is 1. The molecule has 0 atom stereocenters. The molecular formula is C16H15ClFNO2. The summed E-state index contributed by atoms with van der Waals surface area (Å²) in [6, 6.07) is 11.5. The molecule has 3 nitrogen and oxygen atoms in total. The maximum absolute atomic E-state index is 13.4. The van der Waals surface area contributed by atoms with E-state index in [0.717, 1.165) is 5.56 Å². The first-order valence-electron chi connectivity index (χ1n) is 6.45. The van der Waals surface area contributed by atoms with Gasteiger partial charge in [-0.25, -0.2) is 4.39 Å². The molecule has 0 heterocycles. The van der Waals surface area contributed by atoms with Crippen LogP contribution in [-0.2, 0) is 11.3 Å². The van der Waals surface area contributed by atoms with Gasteiger partial charge in [0.25, 0.3) is 5.91 Å². The summed E-state index contributed by atoms with van der Waals surface area (Å²) < 4.78 is 18.7. The maximum Gasteiger partial charge on any atom is 0.258 e. The molecule has 2 aromatic carbocycles. The van der Waals surface area contributed by atoms with Crippen molar-refractivity contribution in [3.63, 3.8) is 0 Å². The molecule has 0 bridgehead atoms. The van der Waals surface area contributed by atoms with E-state index in [2.05, 4.69) is 5.32 Å².